The van der Waals surface area contributed by atoms with Gasteiger partial charge in [0.15, 0.2) is 0 Å². The van der Waals surface area contributed by atoms with E-state index in [9.17, 15) is 0 Å². The molecule has 2 atom stereocenters. The zero-order chi connectivity index (χ0) is 15.0. The van der Waals surface area contributed by atoms with E-state index in [1.54, 1.807) is 0 Å². The molecule has 0 aliphatic rings. The second-order valence-electron chi connectivity index (χ2n) is 5.29. The Labute approximate surface area is 122 Å². The Morgan fingerprint density at radius 1 is 1.25 bits per heavy atom. The third-order valence-corrected chi connectivity index (χ3v) is 3.96. The van der Waals surface area contributed by atoms with Crippen molar-refractivity contribution < 1.29 is 5.21 Å². The van der Waals surface area contributed by atoms with E-state index in [0.717, 1.165) is 18.4 Å². The summed E-state index contributed by atoms with van der Waals surface area (Å²) in [5.41, 5.74) is 6.85. The highest BCUT2D eigenvalue weighted by atomic mass is 16.4. The Balaban J connectivity index is 2.83. The molecule has 2 unspecified atom stereocenters. The van der Waals surface area contributed by atoms with Crippen LogP contribution in [0.1, 0.15) is 51.6 Å². The second-order valence-corrected chi connectivity index (χ2v) is 5.29. The van der Waals surface area contributed by atoms with Crippen LogP contribution in [-0.2, 0) is 0 Å². The van der Waals surface area contributed by atoms with Crippen molar-refractivity contribution in [1.82, 2.24) is 5.32 Å². The van der Waals surface area contributed by atoms with Gasteiger partial charge in [0.2, 0.25) is 0 Å². The van der Waals surface area contributed by atoms with E-state index in [2.05, 4.69) is 43.4 Å². The van der Waals surface area contributed by atoms with Crippen molar-refractivity contribution in [3.63, 3.8) is 0 Å². The molecule has 4 nitrogen and oxygen atoms in total. The lowest BCUT2D eigenvalue weighted by Gasteiger charge is -2.28. The minimum atomic E-state index is 0.0719. The van der Waals surface area contributed by atoms with Crippen molar-refractivity contribution >= 4 is 5.84 Å². The Bertz CT molecular complexity index is 401. The molecule has 0 fully saturated rings. The van der Waals surface area contributed by atoms with Crippen LogP contribution in [0.5, 0.6) is 0 Å². The molecule has 0 amide bonds. The molecule has 0 radical (unpaired) electrons. The first-order valence-electron chi connectivity index (χ1n) is 7.39. The number of hydrogen-bond acceptors (Lipinski definition) is 3. The molecule has 20 heavy (non-hydrogen) atoms. The lowest BCUT2D eigenvalue weighted by atomic mass is 9.93. The van der Waals surface area contributed by atoms with Crippen molar-refractivity contribution in [3.8, 4) is 0 Å². The third kappa shape index (κ3) is 4.85. The average Bonchev–Trinajstić information content (AvgIpc) is 2.48. The number of nitrogens with one attached hydrogen (secondary N) is 1. The maximum absolute atomic E-state index is 8.80. The average molecular weight is 277 g/mol. The Hall–Kier alpha value is -1.55. The van der Waals surface area contributed by atoms with Gasteiger partial charge in [0, 0.05) is 18.5 Å². The Kier molecular flexibility index (Phi) is 7.09. The van der Waals surface area contributed by atoms with Gasteiger partial charge in [0.25, 0.3) is 0 Å². The molecule has 4 N–H and O–H groups in total. The van der Waals surface area contributed by atoms with Gasteiger partial charge >= 0.3 is 0 Å². The number of benzene rings is 1. The van der Waals surface area contributed by atoms with E-state index >= 15 is 0 Å². The fourth-order valence-corrected chi connectivity index (χ4v) is 2.66. The first kappa shape index (κ1) is 16.5. The molecule has 0 bridgehead atoms. The summed E-state index contributed by atoms with van der Waals surface area (Å²) in [6.07, 6.45) is 2.80. The summed E-state index contributed by atoms with van der Waals surface area (Å²) >= 11 is 0. The van der Waals surface area contributed by atoms with Crippen molar-refractivity contribution in [2.75, 3.05) is 0 Å². The molecular weight excluding hydrogens is 250 g/mol. The van der Waals surface area contributed by atoms with Crippen LogP contribution < -0.4 is 11.1 Å². The highest BCUT2D eigenvalue weighted by Crippen LogP contribution is 2.21. The number of oxime groups is 1. The molecule has 0 saturated carbocycles. The van der Waals surface area contributed by atoms with Crippen molar-refractivity contribution in [1.29, 1.82) is 0 Å². The van der Waals surface area contributed by atoms with Crippen molar-refractivity contribution in [2.24, 2.45) is 16.8 Å². The minimum absolute atomic E-state index is 0.0719. The van der Waals surface area contributed by atoms with Crippen LogP contribution in [-0.4, -0.2) is 17.1 Å². The molecule has 1 rings (SSSR count). The quantitative estimate of drug-likeness (QED) is 0.295. The third-order valence-electron chi connectivity index (χ3n) is 3.96. The van der Waals surface area contributed by atoms with E-state index in [1.807, 2.05) is 18.2 Å². The molecule has 112 valence electrons. The highest BCUT2D eigenvalue weighted by Gasteiger charge is 2.20. The van der Waals surface area contributed by atoms with Crippen LogP contribution in [0.4, 0.5) is 0 Å². The summed E-state index contributed by atoms with van der Waals surface area (Å²) in [6, 6.07) is 10.6. The second kappa shape index (κ2) is 8.59. The molecule has 0 spiro atoms. The molecule has 0 heterocycles. The minimum Gasteiger partial charge on any atom is -0.409 e. The fraction of sp³-hybridized carbons (Fsp3) is 0.562. The van der Waals surface area contributed by atoms with Gasteiger partial charge in [-0.2, -0.15) is 0 Å². The maximum atomic E-state index is 8.80. The van der Waals surface area contributed by atoms with Crippen LogP contribution in [0.25, 0.3) is 0 Å². The van der Waals surface area contributed by atoms with Crippen molar-refractivity contribution in [3.05, 3.63) is 35.9 Å². The normalized spacial score (nSPS) is 15.3. The summed E-state index contributed by atoms with van der Waals surface area (Å²) in [5.74, 6) is 0.886. The predicted molar refractivity (Wildman–Crippen MR) is 83.9 cm³/mol. The summed E-state index contributed by atoms with van der Waals surface area (Å²) in [7, 11) is 0. The molecular formula is C16H27N3O. The van der Waals surface area contributed by atoms with E-state index in [0.29, 0.717) is 18.4 Å². The number of hydrogen-bond donors (Lipinski definition) is 3. The summed E-state index contributed by atoms with van der Waals surface area (Å²) in [4.78, 5) is 0. The van der Waals surface area contributed by atoms with Crippen LogP contribution >= 0.6 is 0 Å². The van der Waals surface area contributed by atoms with Crippen LogP contribution in [0.2, 0.25) is 0 Å². The molecule has 1 aromatic carbocycles. The van der Waals surface area contributed by atoms with Crippen molar-refractivity contribution in [2.45, 2.75) is 52.1 Å². The summed E-state index contributed by atoms with van der Waals surface area (Å²) < 4.78 is 0. The fourth-order valence-electron chi connectivity index (χ4n) is 2.66. The van der Waals surface area contributed by atoms with Gasteiger partial charge in [0.1, 0.15) is 5.84 Å². The van der Waals surface area contributed by atoms with Gasteiger partial charge in [-0.05, 0) is 18.4 Å². The smallest absolute Gasteiger partial charge is 0.141 e. The summed E-state index contributed by atoms with van der Waals surface area (Å²) in [5, 5.41) is 15.5. The van der Waals surface area contributed by atoms with E-state index in [-0.39, 0.29) is 11.9 Å². The molecule has 0 aromatic heterocycles. The van der Waals surface area contributed by atoms with Gasteiger partial charge < -0.3 is 16.3 Å². The Morgan fingerprint density at radius 2 is 1.85 bits per heavy atom. The SMILES string of the molecule is CCC(CC)C(C)NC(CC(N)=NO)c1ccccc1. The van der Waals surface area contributed by atoms with E-state index < -0.39 is 0 Å². The van der Waals surface area contributed by atoms with Gasteiger partial charge in [-0.1, -0.05) is 62.2 Å². The largest absolute Gasteiger partial charge is 0.409 e. The van der Waals surface area contributed by atoms with Gasteiger partial charge in [-0.25, -0.2) is 0 Å². The van der Waals surface area contributed by atoms with Crippen LogP contribution in [0.3, 0.4) is 0 Å². The first-order chi connectivity index (χ1) is 9.62. The lowest BCUT2D eigenvalue weighted by molar-refractivity contribution is 0.308. The first-order valence-corrected chi connectivity index (χ1v) is 7.39. The van der Waals surface area contributed by atoms with Gasteiger partial charge in [0.05, 0.1) is 0 Å². The maximum Gasteiger partial charge on any atom is 0.141 e. The van der Waals surface area contributed by atoms with Gasteiger partial charge in [-0.15, -0.1) is 0 Å². The zero-order valence-corrected chi connectivity index (χ0v) is 12.7. The van der Waals surface area contributed by atoms with Crippen LogP contribution in [0, 0.1) is 5.92 Å². The van der Waals surface area contributed by atoms with E-state index in [4.69, 9.17) is 10.9 Å². The van der Waals surface area contributed by atoms with Crippen LogP contribution in [0.15, 0.2) is 35.5 Å². The van der Waals surface area contributed by atoms with Gasteiger partial charge in [-0.3, -0.25) is 0 Å². The molecule has 0 aliphatic heterocycles. The summed E-state index contributed by atoms with van der Waals surface area (Å²) in [6.45, 7) is 6.64. The Morgan fingerprint density at radius 3 is 2.35 bits per heavy atom. The number of rotatable bonds is 8. The standard InChI is InChI=1S/C16H27N3O/c1-4-13(5-2)12(3)18-15(11-16(17)19-20)14-9-7-6-8-10-14/h6-10,12-13,15,18,20H,4-5,11H2,1-3H3,(H2,17,19). The zero-order valence-electron chi connectivity index (χ0n) is 12.7. The number of amidine groups is 1. The topological polar surface area (TPSA) is 70.6 Å². The molecule has 0 saturated heterocycles. The van der Waals surface area contributed by atoms with E-state index in [1.165, 1.54) is 0 Å². The lowest BCUT2D eigenvalue weighted by Crippen LogP contribution is -2.37. The molecule has 1 aromatic rings. The molecule has 4 heteroatoms. The highest BCUT2D eigenvalue weighted by molar-refractivity contribution is 5.80. The predicted octanol–water partition coefficient (Wildman–Crippen LogP) is 3.28. The number of nitrogens with zero attached hydrogens (tertiary/aromatic N) is 1. The monoisotopic (exact) mass is 277 g/mol. The number of nitrogens with two attached hydrogens (primary N) is 1. The molecule has 0 aliphatic carbocycles.